The zero-order valence-electron chi connectivity index (χ0n) is 9.22. The molecule has 0 bridgehead atoms. The summed E-state index contributed by atoms with van der Waals surface area (Å²) in [4.78, 5) is 0. The molecule has 2 rings (SSSR count). The van der Waals surface area contributed by atoms with E-state index in [-0.39, 0.29) is 0 Å². The molecule has 16 heavy (non-hydrogen) atoms. The minimum atomic E-state index is 0.386. The predicted octanol–water partition coefficient (Wildman–Crippen LogP) is 4.90. The third kappa shape index (κ3) is 3.14. The lowest BCUT2D eigenvalue weighted by molar-refractivity contribution is 0.154. The Bertz CT molecular complexity index is 348. The molecule has 0 aliphatic heterocycles. The number of ether oxygens (including phenoxy) is 1. The average Bonchev–Trinajstić information content (AvgIpc) is 2.33. The Balaban J connectivity index is 2.07. The van der Waals surface area contributed by atoms with Gasteiger partial charge in [0.15, 0.2) is 0 Å². The minimum Gasteiger partial charge on any atom is -0.490 e. The number of rotatable bonds is 3. The zero-order valence-corrected chi connectivity index (χ0v) is 11.6. The lowest BCUT2D eigenvalue weighted by Gasteiger charge is -2.24. The van der Waals surface area contributed by atoms with Gasteiger partial charge in [-0.3, -0.25) is 0 Å². The number of alkyl halides is 1. The summed E-state index contributed by atoms with van der Waals surface area (Å²) >= 11 is 9.37. The Morgan fingerprint density at radius 1 is 1.25 bits per heavy atom. The van der Waals surface area contributed by atoms with Gasteiger partial charge in [-0.1, -0.05) is 22.4 Å². The average molecular weight is 304 g/mol. The van der Waals surface area contributed by atoms with Crippen molar-refractivity contribution in [1.82, 2.24) is 0 Å². The summed E-state index contributed by atoms with van der Waals surface area (Å²) in [7, 11) is 0. The van der Waals surface area contributed by atoms with Crippen molar-refractivity contribution in [2.45, 2.75) is 44.1 Å². The van der Waals surface area contributed by atoms with Gasteiger partial charge in [-0.05, 0) is 43.9 Å². The third-order valence-electron chi connectivity index (χ3n) is 3.01. The first-order valence-electron chi connectivity index (χ1n) is 5.80. The Hall–Kier alpha value is -0.210. The topological polar surface area (TPSA) is 9.23 Å². The van der Waals surface area contributed by atoms with Gasteiger partial charge >= 0.3 is 0 Å². The van der Waals surface area contributed by atoms with E-state index in [0.29, 0.717) is 12.0 Å². The lowest BCUT2D eigenvalue weighted by Crippen LogP contribution is -2.20. The van der Waals surface area contributed by atoms with Crippen molar-refractivity contribution < 1.29 is 4.74 Å². The number of hydrogen-bond donors (Lipinski definition) is 0. The number of halogens is 2. The molecule has 3 heteroatoms. The van der Waals surface area contributed by atoms with Gasteiger partial charge in [0, 0.05) is 10.0 Å². The van der Waals surface area contributed by atoms with Gasteiger partial charge in [0.1, 0.15) is 5.75 Å². The summed E-state index contributed by atoms with van der Waals surface area (Å²) in [6, 6.07) is 6.05. The maximum absolute atomic E-state index is 6.03. The highest BCUT2D eigenvalue weighted by Gasteiger charge is 2.16. The molecule has 1 saturated carbocycles. The van der Waals surface area contributed by atoms with Crippen LogP contribution in [0.15, 0.2) is 22.7 Å². The lowest BCUT2D eigenvalue weighted by atomic mass is 9.98. The van der Waals surface area contributed by atoms with E-state index in [0.717, 1.165) is 15.8 Å². The molecular formula is C13H16BrClO. The predicted molar refractivity (Wildman–Crippen MR) is 71.2 cm³/mol. The molecule has 88 valence electrons. The van der Waals surface area contributed by atoms with Crippen LogP contribution >= 0.6 is 27.5 Å². The van der Waals surface area contributed by atoms with Crippen molar-refractivity contribution in [3.05, 3.63) is 28.2 Å². The van der Waals surface area contributed by atoms with Crippen LogP contribution in [-0.2, 0) is 5.88 Å². The van der Waals surface area contributed by atoms with Crippen molar-refractivity contribution >= 4 is 27.5 Å². The molecule has 0 N–H and O–H groups in total. The molecule has 1 fully saturated rings. The Morgan fingerprint density at radius 3 is 2.69 bits per heavy atom. The molecule has 0 unspecified atom stereocenters. The highest BCUT2D eigenvalue weighted by molar-refractivity contribution is 9.10. The first-order chi connectivity index (χ1) is 7.79. The van der Waals surface area contributed by atoms with E-state index in [2.05, 4.69) is 15.9 Å². The van der Waals surface area contributed by atoms with Crippen molar-refractivity contribution in [2.75, 3.05) is 0 Å². The molecule has 1 aromatic rings. The zero-order chi connectivity index (χ0) is 11.4. The fourth-order valence-electron chi connectivity index (χ4n) is 2.13. The molecule has 0 radical (unpaired) electrons. The van der Waals surface area contributed by atoms with Gasteiger partial charge in [-0.25, -0.2) is 0 Å². The van der Waals surface area contributed by atoms with E-state index in [9.17, 15) is 0 Å². The first-order valence-corrected chi connectivity index (χ1v) is 7.13. The summed E-state index contributed by atoms with van der Waals surface area (Å²) < 4.78 is 7.08. The molecule has 0 heterocycles. The van der Waals surface area contributed by atoms with Gasteiger partial charge in [0.2, 0.25) is 0 Å². The highest BCUT2D eigenvalue weighted by Crippen LogP contribution is 2.29. The van der Waals surface area contributed by atoms with Gasteiger partial charge < -0.3 is 4.74 Å². The largest absolute Gasteiger partial charge is 0.490 e. The van der Waals surface area contributed by atoms with Gasteiger partial charge in [-0.2, -0.15) is 0 Å². The highest BCUT2D eigenvalue weighted by atomic mass is 79.9. The summed E-state index contributed by atoms with van der Waals surface area (Å²) in [6.45, 7) is 0. The molecular weight excluding hydrogens is 287 g/mol. The van der Waals surface area contributed by atoms with Crippen LogP contribution in [0.1, 0.15) is 37.7 Å². The summed E-state index contributed by atoms with van der Waals surface area (Å²) in [5, 5.41) is 0. The Kier molecular flexibility index (Phi) is 4.54. The van der Waals surface area contributed by atoms with Crippen molar-refractivity contribution in [2.24, 2.45) is 0 Å². The smallest absolute Gasteiger partial charge is 0.124 e. The molecule has 1 aliphatic carbocycles. The third-order valence-corrected chi connectivity index (χ3v) is 3.79. The van der Waals surface area contributed by atoms with E-state index in [1.807, 2.05) is 18.2 Å². The van der Waals surface area contributed by atoms with Gasteiger partial charge in [-0.15, -0.1) is 11.6 Å². The van der Waals surface area contributed by atoms with E-state index in [1.165, 1.54) is 32.1 Å². The molecule has 0 aromatic heterocycles. The quantitative estimate of drug-likeness (QED) is 0.722. The summed E-state index contributed by atoms with van der Waals surface area (Å²) in [5.41, 5.74) is 1.07. The Morgan fingerprint density at radius 2 is 2.00 bits per heavy atom. The molecule has 1 aliphatic rings. The maximum atomic E-state index is 6.03. The van der Waals surface area contributed by atoms with Crippen LogP contribution in [0.3, 0.4) is 0 Å². The number of hydrogen-bond acceptors (Lipinski definition) is 1. The van der Waals surface area contributed by atoms with Crippen LogP contribution in [0.5, 0.6) is 5.75 Å². The fourth-order valence-corrected chi connectivity index (χ4v) is 2.75. The summed E-state index contributed by atoms with van der Waals surface area (Å²) in [5.74, 6) is 1.45. The van der Waals surface area contributed by atoms with Crippen molar-refractivity contribution in [1.29, 1.82) is 0 Å². The van der Waals surface area contributed by atoms with E-state index < -0.39 is 0 Å². The van der Waals surface area contributed by atoms with E-state index in [1.54, 1.807) is 0 Å². The second-order valence-electron chi connectivity index (χ2n) is 4.26. The SMILES string of the molecule is ClCc1cc(Br)ccc1OC1CCCCC1. The first kappa shape index (κ1) is 12.3. The fraction of sp³-hybridized carbons (Fsp3) is 0.538. The van der Waals surface area contributed by atoms with Crippen LogP contribution in [0.2, 0.25) is 0 Å². The molecule has 0 amide bonds. The van der Waals surface area contributed by atoms with Crippen molar-refractivity contribution in [3.8, 4) is 5.75 Å². The molecule has 0 spiro atoms. The standard InChI is InChI=1S/C13H16BrClO/c14-11-6-7-13(10(8-11)9-15)16-12-4-2-1-3-5-12/h6-8,12H,1-5,9H2. The number of benzene rings is 1. The summed E-state index contributed by atoms with van der Waals surface area (Å²) in [6.07, 6.45) is 6.67. The van der Waals surface area contributed by atoms with E-state index in [4.69, 9.17) is 16.3 Å². The molecule has 0 atom stereocenters. The van der Waals surface area contributed by atoms with Gasteiger partial charge in [0.25, 0.3) is 0 Å². The molecule has 1 nitrogen and oxygen atoms in total. The van der Waals surface area contributed by atoms with Crippen LogP contribution in [-0.4, -0.2) is 6.10 Å². The monoisotopic (exact) mass is 302 g/mol. The van der Waals surface area contributed by atoms with Crippen molar-refractivity contribution in [3.63, 3.8) is 0 Å². The van der Waals surface area contributed by atoms with Crippen LogP contribution in [0.4, 0.5) is 0 Å². The van der Waals surface area contributed by atoms with Gasteiger partial charge in [0.05, 0.1) is 12.0 Å². The van der Waals surface area contributed by atoms with Crippen LogP contribution < -0.4 is 4.74 Å². The van der Waals surface area contributed by atoms with E-state index >= 15 is 0 Å². The Labute approximate surface area is 110 Å². The second kappa shape index (κ2) is 5.92. The molecule has 0 saturated heterocycles. The minimum absolute atomic E-state index is 0.386. The molecule has 1 aromatic carbocycles. The van der Waals surface area contributed by atoms with Crippen LogP contribution in [0.25, 0.3) is 0 Å². The normalized spacial score (nSPS) is 17.4. The maximum Gasteiger partial charge on any atom is 0.124 e. The van der Waals surface area contributed by atoms with Crippen LogP contribution in [0, 0.1) is 0 Å². The second-order valence-corrected chi connectivity index (χ2v) is 5.45.